The predicted molar refractivity (Wildman–Crippen MR) is 109 cm³/mol. The van der Waals surface area contributed by atoms with Gasteiger partial charge in [-0.1, -0.05) is 36.4 Å². The number of carboxylic acid groups (broad SMARTS) is 1. The molecular weight excluding hydrogens is 336 g/mol. The second-order valence-corrected chi connectivity index (χ2v) is 7.13. The summed E-state index contributed by atoms with van der Waals surface area (Å²) in [6.07, 6.45) is 7.48. The molecule has 1 aromatic heterocycles. The van der Waals surface area contributed by atoms with Crippen molar-refractivity contribution >= 4 is 22.4 Å². The summed E-state index contributed by atoms with van der Waals surface area (Å²) in [5.41, 5.74) is 5.34. The molecule has 2 heterocycles. The van der Waals surface area contributed by atoms with Gasteiger partial charge in [0, 0.05) is 30.2 Å². The van der Waals surface area contributed by atoms with Gasteiger partial charge in [-0.25, -0.2) is 4.79 Å². The van der Waals surface area contributed by atoms with Crippen LogP contribution in [0.1, 0.15) is 34.3 Å². The van der Waals surface area contributed by atoms with E-state index in [1.165, 1.54) is 16.7 Å². The maximum atomic E-state index is 11.2. The van der Waals surface area contributed by atoms with Crippen LogP contribution < -0.4 is 0 Å². The Morgan fingerprint density at radius 3 is 2.74 bits per heavy atom. The number of carboxylic acids is 1. The summed E-state index contributed by atoms with van der Waals surface area (Å²) in [6, 6.07) is 15.9. The van der Waals surface area contributed by atoms with Crippen LogP contribution in [0.4, 0.5) is 0 Å². The van der Waals surface area contributed by atoms with Crippen molar-refractivity contribution in [3.8, 4) is 0 Å². The van der Waals surface area contributed by atoms with Gasteiger partial charge in [0.1, 0.15) is 0 Å². The first-order valence-corrected chi connectivity index (χ1v) is 9.51. The van der Waals surface area contributed by atoms with Gasteiger partial charge < -0.3 is 10.1 Å². The molecule has 0 bridgehead atoms. The highest BCUT2D eigenvalue weighted by Gasteiger charge is 2.13. The first kappa shape index (κ1) is 17.6. The van der Waals surface area contributed by atoms with Crippen LogP contribution in [0.5, 0.6) is 0 Å². The fraction of sp³-hybridized carbons (Fsp3) is 0.261. The summed E-state index contributed by atoms with van der Waals surface area (Å²) in [5.74, 6) is -0.877. The summed E-state index contributed by atoms with van der Waals surface area (Å²) in [6.45, 7) is 3.16. The second kappa shape index (κ2) is 7.80. The number of benzene rings is 2. The topological polar surface area (TPSA) is 56.3 Å². The number of aryl methyl sites for hydroxylation is 1. The van der Waals surface area contributed by atoms with Gasteiger partial charge in [-0.05, 0) is 60.7 Å². The van der Waals surface area contributed by atoms with E-state index in [9.17, 15) is 9.90 Å². The quantitative estimate of drug-likeness (QED) is 0.676. The third-order valence-corrected chi connectivity index (χ3v) is 5.37. The number of hydrogen-bond acceptors (Lipinski definition) is 2. The lowest BCUT2D eigenvalue weighted by Gasteiger charge is -2.26. The van der Waals surface area contributed by atoms with E-state index in [-0.39, 0.29) is 0 Å². The van der Waals surface area contributed by atoms with Crippen molar-refractivity contribution in [2.75, 3.05) is 19.6 Å². The number of aromatic amines is 1. The Morgan fingerprint density at radius 1 is 1.15 bits per heavy atom. The summed E-state index contributed by atoms with van der Waals surface area (Å²) < 4.78 is 0. The van der Waals surface area contributed by atoms with E-state index in [1.807, 2.05) is 12.3 Å². The summed E-state index contributed by atoms with van der Waals surface area (Å²) >= 11 is 0. The molecule has 2 aromatic carbocycles. The molecule has 0 radical (unpaired) electrons. The van der Waals surface area contributed by atoms with Crippen LogP contribution in [-0.2, 0) is 6.42 Å². The number of fused-ring (bicyclic) bond motifs is 1. The maximum absolute atomic E-state index is 11.2. The van der Waals surface area contributed by atoms with Crippen LogP contribution in [0.3, 0.4) is 0 Å². The number of nitrogens with zero attached hydrogens (tertiary/aromatic N) is 1. The van der Waals surface area contributed by atoms with Crippen molar-refractivity contribution in [3.05, 3.63) is 77.5 Å². The van der Waals surface area contributed by atoms with E-state index in [4.69, 9.17) is 0 Å². The fourth-order valence-corrected chi connectivity index (χ4v) is 3.84. The number of nitrogens with one attached hydrogen (secondary N) is 1. The SMILES string of the molecule is O=C(O)c1ccc2[nH]cc(CCCN3CC=C(c4ccccc4)CC3)c2c1. The van der Waals surface area contributed by atoms with Crippen LogP contribution in [0.25, 0.3) is 16.5 Å². The molecule has 1 aliphatic heterocycles. The Balaban J connectivity index is 1.34. The molecule has 4 heteroatoms. The Hall–Kier alpha value is -2.85. The minimum absolute atomic E-state index is 0.345. The number of hydrogen-bond donors (Lipinski definition) is 2. The molecule has 0 saturated carbocycles. The van der Waals surface area contributed by atoms with Crippen molar-refractivity contribution in [3.63, 3.8) is 0 Å². The Kier molecular flexibility index (Phi) is 5.07. The van der Waals surface area contributed by atoms with E-state index < -0.39 is 5.97 Å². The number of H-pyrrole nitrogens is 1. The second-order valence-electron chi connectivity index (χ2n) is 7.13. The average molecular weight is 360 g/mol. The van der Waals surface area contributed by atoms with Crippen LogP contribution in [0.2, 0.25) is 0 Å². The summed E-state index contributed by atoms with van der Waals surface area (Å²) in [5, 5.41) is 10.2. The molecule has 3 aromatic rings. The van der Waals surface area contributed by atoms with Gasteiger partial charge in [0.25, 0.3) is 0 Å². The third-order valence-electron chi connectivity index (χ3n) is 5.37. The van der Waals surface area contributed by atoms with Crippen molar-refractivity contribution in [1.29, 1.82) is 0 Å². The van der Waals surface area contributed by atoms with E-state index in [0.717, 1.165) is 49.8 Å². The molecule has 0 spiro atoms. The van der Waals surface area contributed by atoms with Crippen molar-refractivity contribution in [2.45, 2.75) is 19.3 Å². The van der Waals surface area contributed by atoms with Gasteiger partial charge in [0.2, 0.25) is 0 Å². The number of carbonyl (C=O) groups is 1. The molecule has 0 unspecified atom stereocenters. The van der Waals surface area contributed by atoms with Crippen LogP contribution in [0, 0.1) is 0 Å². The molecule has 0 atom stereocenters. The molecule has 138 valence electrons. The highest BCUT2D eigenvalue weighted by molar-refractivity contribution is 5.94. The molecule has 1 aliphatic rings. The fourth-order valence-electron chi connectivity index (χ4n) is 3.84. The molecule has 27 heavy (non-hydrogen) atoms. The van der Waals surface area contributed by atoms with E-state index in [1.54, 1.807) is 12.1 Å². The zero-order chi connectivity index (χ0) is 18.6. The Bertz CT molecular complexity index is 972. The summed E-state index contributed by atoms with van der Waals surface area (Å²) in [7, 11) is 0. The van der Waals surface area contributed by atoms with Crippen molar-refractivity contribution in [1.82, 2.24) is 9.88 Å². The third kappa shape index (κ3) is 3.96. The molecular formula is C23H24N2O2. The van der Waals surface area contributed by atoms with Crippen molar-refractivity contribution < 1.29 is 9.90 Å². The first-order valence-electron chi connectivity index (χ1n) is 9.51. The van der Waals surface area contributed by atoms with E-state index >= 15 is 0 Å². The van der Waals surface area contributed by atoms with Gasteiger partial charge >= 0.3 is 5.97 Å². The monoisotopic (exact) mass is 360 g/mol. The molecule has 0 aliphatic carbocycles. The van der Waals surface area contributed by atoms with Gasteiger partial charge in [-0.2, -0.15) is 0 Å². The average Bonchev–Trinajstić information content (AvgIpc) is 3.11. The normalized spacial score (nSPS) is 15.0. The predicted octanol–water partition coefficient (Wildman–Crippen LogP) is 4.59. The molecule has 4 nitrogen and oxygen atoms in total. The van der Waals surface area contributed by atoms with E-state index in [0.29, 0.717) is 5.56 Å². The van der Waals surface area contributed by atoms with Crippen LogP contribution in [-0.4, -0.2) is 40.6 Å². The summed E-state index contributed by atoms with van der Waals surface area (Å²) in [4.78, 5) is 16.9. The van der Waals surface area contributed by atoms with Crippen molar-refractivity contribution in [2.24, 2.45) is 0 Å². The molecule has 2 N–H and O–H groups in total. The minimum Gasteiger partial charge on any atom is -0.478 e. The lowest BCUT2D eigenvalue weighted by atomic mass is 9.99. The highest BCUT2D eigenvalue weighted by Crippen LogP contribution is 2.24. The number of aromatic carboxylic acids is 1. The van der Waals surface area contributed by atoms with Crippen LogP contribution >= 0.6 is 0 Å². The van der Waals surface area contributed by atoms with Gasteiger partial charge in [-0.15, -0.1) is 0 Å². The zero-order valence-electron chi connectivity index (χ0n) is 15.3. The Morgan fingerprint density at radius 2 is 2.00 bits per heavy atom. The lowest BCUT2D eigenvalue weighted by Crippen LogP contribution is -2.29. The van der Waals surface area contributed by atoms with Gasteiger partial charge in [0.15, 0.2) is 0 Å². The van der Waals surface area contributed by atoms with E-state index in [2.05, 4.69) is 46.3 Å². The first-order chi connectivity index (χ1) is 13.2. The maximum Gasteiger partial charge on any atom is 0.335 e. The standard InChI is InChI=1S/C23H24N2O2/c26-23(27)19-8-9-22-21(15-19)20(16-24-22)7-4-12-25-13-10-18(11-14-25)17-5-2-1-3-6-17/h1-3,5-6,8-10,15-16,24H,4,7,11-14H2,(H,26,27). The number of rotatable bonds is 6. The van der Waals surface area contributed by atoms with Gasteiger partial charge in [-0.3, -0.25) is 4.90 Å². The smallest absolute Gasteiger partial charge is 0.335 e. The Labute approximate surface area is 159 Å². The van der Waals surface area contributed by atoms with Crippen LogP contribution in [0.15, 0.2) is 60.8 Å². The molecule has 4 rings (SSSR count). The lowest BCUT2D eigenvalue weighted by molar-refractivity contribution is 0.0697. The molecule has 0 saturated heterocycles. The largest absolute Gasteiger partial charge is 0.478 e. The highest BCUT2D eigenvalue weighted by atomic mass is 16.4. The molecule has 0 amide bonds. The minimum atomic E-state index is -0.877. The number of aromatic nitrogens is 1. The zero-order valence-corrected chi connectivity index (χ0v) is 15.3. The molecule has 0 fully saturated rings. The van der Waals surface area contributed by atoms with Gasteiger partial charge in [0.05, 0.1) is 5.56 Å².